The fourth-order valence-corrected chi connectivity index (χ4v) is 3.56. The fourth-order valence-electron chi connectivity index (χ4n) is 2.58. The Kier molecular flexibility index (Phi) is 5.38. The largest absolute Gasteiger partial charge is 0.387 e. The molecule has 0 aliphatic carbocycles. The number of aliphatic hydroxyl groups excluding tert-OH is 1. The molecule has 0 fully saturated rings. The predicted octanol–water partition coefficient (Wildman–Crippen LogP) is 4.14. The van der Waals surface area contributed by atoms with Crippen molar-refractivity contribution in [2.75, 3.05) is 0 Å². The second kappa shape index (κ2) is 7.04. The SMILES string of the molecule is CCc1ccsc1C(O)Cc1ccn(C(CC)CC)n1. The van der Waals surface area contributed by atoms with Gasteiger partial charge >= 0.3 is 0 Å². The molecule has 110 valence electrons. The lowest BCUT2D eigenvalue weighted by Crippen LogP contribution is -2.09. The molecule has 4 heteroatoms. The molecule has 2 aromatic rings. The number of hydrogen-bond acceptors (Lipinski definition) is 3. The van der Waals surface area contributed by atoms with Crippen LogP contribution in [0.15, 0.2) is 23.7 Å². The molecule has 0 saturated carbocycles. The summed E-state index contributed by atoms with van der Waals surface area (Å²) in [6.45, 7) is 6.49. The van der Waals surface area contributed by atoms with Crippen molar-refractivity contribution in [2.24, 2.45) is 0 Å². The molecule has 1 unspecified atom stereocenters. The van der Waals surface area contributed by atoms with E-state index in [1.807, 2.05) is 16.9 Å². The second-order valence-electron chi connectivity index (χ2n) is 5.14. The van der Waals surface area contributed by atoms with Crippen LogP contribution in [0.25, 0.3) is 0 Å². The predicted molar refractivity (Wildman–Crippen MR) is 84.2 cm³/mol. The van der Waals surface area contributed by atoms with Crippen LogP contribution in [0.3, 0.4) is 0 Å². The minimum Gasteiger partial charge on any atom is -0.387 e. The van der Waals surface area contributed by atoms with Gasteiger partial charge < -0.3 is 5.11 Å². The molecule has 0 amide bonds. The van der Waals surface area contributed by atoms with Gasteiger partial charge in [0, 0.05) is 17.5 Å². The van der Waals surface area contributed by atoms with Crippen molar-refractivity contribution in [3.63, 3.8) is 0 Å². The van der Waals surface area contributed by atoms with Crippen LogP contribution in [0.4, 0.5) is 0 Å². The van der Waals surface area contributed by atoms with Crippen LogP contribution in [0.1, 0.15) is 61.9 Å². The monoisotopic (exact) mass is 292 g/mol. The zero-order valence-corrected chi connectivity index (χ0v) is 13.4. The van der Waals surface area contributed by atoms with Crippen LogP contribution >= 0.6 is 11.3 Å². The Hall–Kier alpha value is -1.13. The summed E-state index contributed by atoms with van der Waals surface area (Å²) in [6.07, 6.45) is 5.35. The van der Waals surface area contributed by atoms with Crippen LogP contribution in [-0.2, 0) is 12.8 Å². The molecule has 1 atom stereocenters. The first kappa shape index (κ1) is 15.3. The average molecular weight is 292 g/mol. The van der Waals surface area contributed by atoms with Crippen LogP contribution in [0.5, 0.6) is 0 Å². The Morgan fingerprint density at radius 2 is 2.00 bits per heavy atom. The summed E-state index contributed by atoms with van der Waals surface area (Å²) in [5.74, 6) is 0. The smallest absolute Gasteiger partial charge is 0.0940 e. The molecule has 20 heavy (non-hydrogen) atoms. The van der Waals surface area contributed by atoms with E-state index in [2.05, 4.69) is 37.3 Å². The van der Waals surface area contributed by atoms with E-state index in [0.717, 1.165) is 29.8 Å². The molecular formula is C16H24N2OS. The molecule has 0 bridgehead atoms. The van der Waals surface area contributed by atoms with Crippen LogP contribution < -0.4 is 0 Å². The van der Waals surface area contributed by atoms with Gasteiger partial charge in [-0.15, -0.1) is 11.3 Å². The number of aliphatic hydroxyl groups is 1. The van der Waals surface area contributed by atoms with Gasteiger partial charge in [-0.3, -0.25) is 4.68 Å². The molecule has 2 heterocycles. The van der Waals surface area contributed by atoms with E-state index in [9.17, 15) is 5.11 Å². The minimum atomic E-state index is -0.435. The number of thiophene rings is 1. The maximum Gasteiger partial charge on any atom is 0.0940 e. The Morgan fingerprint density at radius 1 is 1.25 bits per heavy atom. The number of hydrogen-bond donors (Lipinski definition) is 1. The molecule has 0 aliphatic heterocycles. The Balaban J connectivity index is 2.07. The summed E-state index contributed by atoms with van der Waals surface area (Å²) >= 11 is 1.64. The topological polar surface area (TPSA) is 38.0 Å². The number of aromatic nitrogens is 2. The third kappa shape index (κ3) is 3.30. The van der Waals surface area contributed by atoms with Crippen molar-refractivity contribution < 1.29 is 5.11 Å². The molecule has 2 aromatic heterocycles. The number of nitrogens with zero attached hydrogens (tertiary/aromatic N) is 2. The first-order chi connectivity index (χ1) is 9.69. The molecular weight excluding hydrogens is 268 g/mol. The molecule has 1 N–H and O–H groups in total. The highest BCUT2D eigenvalue weighted by molar-refractivity contribution is 7.10. The third-order valence-electron chi connectivity index (χ3n) is 3.85. The van der Waals surface area contributed by atoms with E-state index in [0.29, 0.717) is 12.5 Å². The average Bonchev–Trinajstić information content (AvgIpc) is 3.09. The highest BCUT2D eigenvalue weighted by Gasteiger charge is 2.16. The number of rotatable bonds is 7. The van der Waals surface area contributed by atoms with Crippen LogP contribution in [0, 0.1) is 0 Å². The van der Waals surface area contributed by atoms with Gasteiger partial charge in [-0.05, 0) is 42.3 Å². The molecule has 2 rings (SSSR count). The molecule has 3 nitrogen and oxygen atoms in total. The zero-order chi connectivity index (χ0) is 14.5. The summed E-state index contributed by atoms with van der Waals surface area (Å²) in [5, 5.41) is 17.1. The van der Waals surface area contributed by atoms with E-state index in [4.69, 9.17) is 0 Å². The molecule has 0 radical (unpaired) electrons. The van der Waals surface area contributed by atoms with Gasteiger partial charge in [-0.1, -0.05) is 20.8 Å². The number of aryl methyl sites for hydroxylation is 1. The zero-order valence-electron chi connectivity index (χ0n) is 12.5. The van der Waals surface area contributed by atoms with Crippen molar-refractivity contribution >= 4 is 11.3 Å². The minimum absolute atomic E-state index is 0.435. The van der Waals surface area contributed by atoms with Gasteiger partial charge in [-0.25, -0.2) is 0 Å². The first-order valence-electron chi connectivity index (χ1n) is 7.47. The van der Waals surface area contributed by atoms with Gasteiger partial charge in [0.05, 0.1) is 17.8 Å². The highest BCUT2D eigenvalue weighted by Crippen LogP contribution is 2.27. The summed E-state index contributed by atoms with van der Waals surface area (Å²) < 4.78 is 2.04. The van der Waals surface area contributed by atoms with E-state index in [1.165, 1.54) is 5.56 Å². The lowest BCUT2D eigenvalue weighted by atomic mass is 10.1. The van der Waals surface area contributed by atoms with E-state index in [1.54, 1.807) is 11.3 Å². The molecule has 0 saturated heterocycles. The fraction of sp³-hybridized carbons (Fsp3) is 0.562. The highest BCUT2D eigenvalue weighted by atomic mass is 32.1. The van der Waals surface area contributed by atoms with Gasteiger partial charge in [0.15, 0.2) is 0 Å². The van der Waals surface area contributed by atoms with Crippen molar-refractivity contribution in [1.82, 2.24) is 9.78 Å². The normalized spacial score (nSPS) is 13.1. The Morgan fingerprint density at radius 3 is 2.65 bits per heavy atom. The van der Waals surface area contributed by atoms with E-state index >= 15 is 0 Å². The second-order valence-corrected chi connectivity index (χ2v) is 6.09. The van der Waals surface area contributed by atoms with Gasteiger partial charge in [0.1, 0.15) is 0 Å². The molecule has 0 spiro atoms. The van der Waals surface area contributed by atoms with E-state index < -0.39 is 6.10 Å². The molecule has 0 aliphatic rings. The standard InChI is InChI=1S/C16H24N2OS/c1-4-12-8-10-20-16(12)15(19)11-13-7-9-18(17-13)14(5-2)6-3/h7-10,14-15,19H,4-6,11H2,1-3H3. The quantitative estimate of drug-likeness (QED) is 0.832. The third-order valence-corrected chi connectivity index (χ3v) is 4.91. The van der Waals surface area contributed by atoms with Crippen LogP contribution in [-0.4, -0.2) is 14.9 Å². The van der Waals surface area contributed by atoms with Crippen molar-refractivity contribution in [3.8, 4) is 0 Å². The maximum absolute atomic E-state index is 10.4. The van der Waals surface area contributed by atoms with Crippen molar-refractivity contribution in [1.29, 1.82) is 0 Å². The Labute approximate surface area is 125 Å². The van der Waals surface area contributed by atoms with Gasteiger partial charge in [-0.2, -0.15) is 5.10 Å². The summed E-state index contributed by atoms with van der Waals surface area (Å²) in [4.78, 5) is 1.09. The summed E-state index contributed by atoms with van der Waals surface area (Å²) in [7, 11) is 0. The van der Waals surface area contributed by atoms with Gasteiger partial charge in [0.2, 0.25) is 0 Å². The Bertz CT molecular complexity index is 528. The lowest BCUT2D eigenvalue weighted by molar-refractivity contribution is 0.179. The maximum atomic E-state index is 10.4. The summed E-state index contributed by atoms with van der Waals surface area (Å²) in [5.41, 5.74) is 2.22. The van der Waals surface area contributed by atoms with E-state index in [-0.39, 0.29) is 0 Å². The van der Waals surface area contributed by atoms with Crippen molar-refractivity contribution in [2.45, 2.75) is 58.6 Å². The first-order valence-corrected chi connectivity index (χ1v) is 8.35. The molecule has 0 aromatic carbocycles. The summed E-state index contributed by atoms with van der Waals surface area (Å²) in [6, 6.07) is 4.60. The van der Waals surface area contributed by atoms with Crippen LogP contribution in [0.2, 0.25) is 0 Å². The lowest BCUT2D eigenvalue weighted by Gasteiger charge is -2.13. The van der Waals surface area contributed by atoms with Gasteiger partial charge in [0.25, 0.3) is 0 Å². The van der Waals surface area contributed by atoms with Crippen molar-refractivity contribution in [3.05, 3.63) is 39.8 Å².